The third kappa shape index (κ3) is 2.61. The Kier molecular flexibility index (Phi) is 3.46. The quantitative estimate of drug-likeness (QED) is 0.835. The molecule has 1 aliphatic rings. The first-order chi connectivity index (χ1) is 9.36. The molecule has 0 radical (unpaired) electrons. The topological polar surface area (TPSA) is 60.2 Å². The summed E-state index contributed by atoms with van der Waals surface area (Å²) in [5.74, 6) is 1.26. The first kappa shape index (κ1) is 12.2. The Labute approximate surface area is 112 Å². The highest BCUT2D eigenvalue weighted by Crippen LogP contribution is 2.28. The van der Waals surface area contributed by atoms with Crippen molar-refractivity contribution in [1.29, 1.82) is 0 Å². The Bertz CT molecular complexity index is 566. The van der Waals surface area contributed by atoms with E-state index in [-0.39, 0.29) is 0 Å². The molecule has 1 N–H and O–H groups in total. The molecule has 0 saturated carbocycles. The number of ether oxygens (including phenoxy) is 1. The van der Waals surface area contributed by atoms with Crippen molar-refractivity contribution < 1.29 is 9.26 Å². The Hall–Kier alpha value is -1.88. The van der Waals surface area contributed by atoms with Gasteiger partial charge in [0.15, 0.2) is 5.82 Å². The van der Waals surface area contributed by atoms with Crippen molar-refractivity contribution >= 4 is 5.69 Å². The summed E-state index contributed by atoms with van der Waals surface area (Å²) in [6, 6.07) is 6.22. The molecule has 1 aromatic heterocycles. The fourth-order valence-electron chi connectivity index (χ4n) is 2.20. The van der Waals surface area contributed by atoms with Gasteiger partial charge in [0, 0.05) is 30.8 Å². The van der Waals surface area contributed by atoms with E-state index >= 15 is 0 Å². The number of aromatic nitrogens is 2. The SMILES string of the molecule is CCOCCc1noc(-c2ccc3c(c2)NCC3)n1. The van der Waals surface area contributed by atoms with E-state index in [4.69, 9.17) is 9.26 Å². The van der Waals surface area contributed by atoms with Crippen LogP contribution in [0.4, 0.5) is 5.69 Å². The van der Waals surface area contributed by atoms with Gasteiger partial charge in [0.2, 0.25) is 0 Å². The zero-order chi connectivity index (χ0) is 13.1. The van der Waals surface area contributed by atoms with Crippen LogP contribution in [-0.2, 0) is 17.6 Å². The normalized spacial score (nSPS) is 13.3. The van der Waals surface area contributed by atoms with E-state index in [0.717, 1.165) is 18.5 Å². The van der Waals surface area contributed by atoms with Gasteiger partial charge in [0.1, 0.15) is 0 Å². The molecule has 5 nitrogen and oxygen atoms in total. The summed E-state index contributed by atoms with van der Waals surface area (Å²) in [5.41, 5.74) is 3.48. The van der Waals surface area contributed by atoms with Crippen LogP contribution >= 0.6 is 0 Å². The van der Waals surface area contributed by atoms with Crippen molar-refractivity contribution in [2.75, 3.05) is 25.1 Å². The van der Waals surface area contributed by atoms with Crippen LogP contribution in [0.3, 0.4) is 0 Å². The molecule has 2 heterocycles. The summed E-state index contributed by atoms with van der Waals surface area (Å²) in [5, 5.41) is 7.32. The van der Waals surface area contributed by atoms with E-state index in [1.54, 1.807) is 0 Å². The molecule has 1 aromatic carbocycles. The Morgan fingerprint density at radius 3 is 3.26 bits per heavy atom. The number of fused-ring (bicyclic) bond motifs is 1. The van der Waals surface area contributed by atoms with Gasteiger partial charge in [-0.25, -0.2) is 0 Å². The summed E-state index contributed by atoms with van der Waals surface area (Å²) >= 11 is 0. The van der Waals surface area contributed by atoms with Crippen LogP contribution in [0.5, 0.6) is 0 Å². The molecule has 0 spiro atoms. The molecule has 2 aromatic rings. The number of nitrogens with zero attached hydrogens (tertiary/aromatic N) is 2. The Balaban J connectivity index is 1.75. The maximum atomic E-state index is 5.30. The number of rotatable bonds is 5. The van der Waals surface area contributed by atoms with Crippen LogP contribution in [0, 0.1) is 0 Å². The van der Waals surface area contributed by atoms with E-state index in [1.807, 2.05) is 13.0 Å². The highest BCUT2D eigenvalue weighted by molar-refractivity contribution is 5.66. The second-order valence-electron chi connectivity index (χ2n) is 4.51. The number of nitrogens with one attached hydrogen (secondary N) is 1. The van der Waals surface area contributed by atoms with Gasteiger partial charge in [0.25, 0.3) is 5.89 Å². The van der Waals surface area contributed by atoms with Crippen molar-refractivity contribution in [2.24, 2.45) is 0 Å². The van der Waals surface area contributed by atoms with Crippen LogP contribution in [0.2, 0.25) is 0 Å². The molecule has 0 unspecified atom stereocenters. The largest absolute Gasteiger partial charge is 0.384 e. The molecule has 5 heteroatoms. The fourth-order valence-corrected chi connectivity index (χ4v) is 2.20. The summed E-state index contributed by atoms with van der Waals surface area (Å²) in [6.45, 7) is 4.31. The summed E-state index contributed by atoms with van der Waals surface area (Å²) in [6.07, 6.45) is 1.76. The molecule has 1 aliphatic heterocycles. The van der Waals surface area contributed by atoms with Crippen molar-refractivity contribution in [3.8, 4) is 11.5 Å². The lowest BCUT2D eigenvalue weighted by atomic mass is 10.1. The van der Waals surface area contributed by atoms with Crippen LogP contribution in [0.15, 0.2) is 22.7 Å². The van der Waals surface area contributed by atoms with Gasteiger partial charge in [-0.3, -0.25) is 0 Å². The maximum Gasteiger partial charge on any atom is 0.257 e. The van der Waals surface area contributed by atoms with Crippen LogP contribution in [-0.4, -0.2) is 29.9 Å². The Morgan fingerprint density at radius 1 is 1.42 bits per heavy atom. The van der Waals surface area contributed by atoms with Crippen molar-refractivity contribution in [2.45, 2.75) is 19.8 Å². The molecule has 0 atom stereocenters. The molecule has 0 amide bonds. The molecule has 0 fully saturated rings. The third-order valence-corrected chi connectivity index (χ3v) is 3.21. The second-order valence-corrected chi connectivity index (χ2v) is 4.51. The molecular formula is C14H17N3O2. The molecule has 0 aliphatic carbocycles. The van der Waals surface area contributed by atoms with Gasteiger partial charge < -0.3 is 14.6 Å². The van der Waals surface area contributed by atoms with Gasteiger partial charge in [-0.2, -0.15) is 4.98 Å². The van der Waals surface area contributed by atoms with Crippen molar-refractivity contribution in [3.05, 3.63) is 29.6 Å². The minimum Gasteiger partial charge on any atom is -0.384 e. The molecule has 19 heavy (non-hydrogen) atoms. The minimum absolute atomic E-state index is 0.572. The molecular weight excluding hydrogens is 242 g/mol. The van der Waals surface area contributed by atoms with E-state index in [9.17, 15) is 0 Å². The molecule has 3 rings (SSSR count). The zero-order valence-electron chi connectivity index (χ0n) is 11.0. The van der Waals surface area contributed by atoms with Crippen LogP contribution in [0.25, 0.3) is 11.5 Å². The number of benzene rings is 1. The predicted molar refractivity (Wildman–Crippen MR) is 72.1 cm³/mol. The lowest BCUT2D eigenvalue weighted by Gasteiger charge is -2.00. The summed E-state index contributed by atoms with van der Waals surface area (Å²) in [4.78, 5) is 4.39. The monoisotopic (exact) mass is 259 g/mol. The van der Waals surface area contributed by atoms with E-state index in [1.165, 1.54) is 11.3 Å². The molecule has 100 valence electrons. The smallest absolute Gasteiger partial charge is 0.257 e. The van der Waals surface area contributed by atoms with Gasteiger partial charge >= 0.3 is 0 Å². The number of hydrogen-bond acceptors (Lipinski definition) is 5. The highest BCUT2D eigenvalue weighted by Gasteiger charge is 2.14. The van der Waals surface area contributed by atoms with Gasteiger partial charge in [-0.15, -0.1) is 0 Å². The van der Waals surface area contributed by atoms with Gasteiger partial charge in [-0.1, -0.05) is 11.2 Å². The fraction of sp³-hybridized carbons (Fsp3) is 0.429. The lowest BCUT2D eigenvalue weighted by Crippen LogP contribution is -1.99. The van der Waals surface area contributed by atoms with Gasteiger partial charge in [0.05, 0.1) is 6.61 Å². The first-order valence-corrected chi connectivity index (χ1v) is 6.64. The van der Waals surface area contributed by atoms with E-state index in [0.29, 0.717) is 31.3 Å². The van der Waals surface area contributed by atoms with Crippen molar-refractivity contribution in [1.82, 2.24) is 10.1 Å². The van der Waals surface area contributed by atoms with Crippen LogP contribution in [0.1, 0.15) is 18.3 Å². The number of anilines is 1. The zero-order valence-corrected chi connectivity index (χ0v) is 11.0. The molecule has 0 bridgehead atoms. The average molecular weight is 259 g/mol. The average Bonchev–Trinajstić information content (AvgIpc) is 3.06. The standard InChI is InChI=1S/C14H17N3O2/c1-2-18-8-6-13-16-14(19-17-13)11-4-3-10-5-7-15-12(10)9-11/h3-4,9,15H,2,5-8H2,1H3. The third-order valence-electron chi connectivity index (χ3n) is 3.21. The van der Waals surface area contributed by atoms with Crippen molar-refractivity contribution in [3.63, 3.8) is 0 Å². The summed E-state index contributed by atoms with van der Waals surface area (Å²) < 4.78 is 10.6. The lowest BCUT2D eigenvalue weighted by molar-refractivity contribution is 0.149. The van der Waals surface area contributed by atoms with E-state index in [2.05, 4.69) is 27.6 Å². The minimum atomic E-state index is 0.572. The molecule has 0 saturated heterocycles. The van der Waals surface area contributed by atoms with Gasteiger partial charge in [-0.05, 0) is 31.0 Å². The Morgan fingerprint density at radius 2 is 2.37 bits per heavy atom. The first-order valence-electron chi connectivity index (χ1n) is 6.64. The highest BCUT2D eigenvalue weighted by atomic mass is 16.5. The second kappa shape index (κ2) is 5.40. The number of hydrogen-bond donors (Lipinski definition) is 1. The van der Waals surface area contributed by atoms with Crippen LogP contribution < -0.4 is 5.32 Å². The maximum absolute atomic E-state index is 5.30. The van der Waals surface area contributed by atoms with E-state index < -0.39 is 0 Å². The summed E-state index contributed by atoms with van der Waals surface area (Å²) in [7, 11) is 0. The predicted octanol–water partition coefficient (Wildman–Crippen LogP) is 2.28.